The van der Waals surface area contributed by atoms with Crippen LogP contribution in [0.25, 0.3) is 0 Å². The van der Waals surface area contributed by atoms with E-state index >= 15 is 0 Å². The molecule has 5 nitrogen and oxygen atoms in total. The molecule has 0 radical (unpaired) electrons. The van der Waals surface area contributed by atoms with Crippen LogP contribution in [0.2, 0.25) is 0 Å². The van der Waals surface area contributed by atoms with Gasteiger partial charge in [0.2, 0.25) is 5.91 Å². The normalized spacial score (nSPS) is 20.9. The number of rotatable bonds is 6. The Balaban J connectivity index is 2.18. The molecular weight excluding hydrogens is 208 g/mol. The van der Waals surface area contributed by atoms with E-state index in [9.17, 15) is 9.59 Å². The van der Waals surface area contributed by atoms with E-state index in [-0.39, 0.29) is 18.7 Å². The second-order valence-electron chi connectivity index (χ2n) is 4.12. The van der Waals surface area contributed by atoms with Crippen LogP contribution in [-0.2, 0) is 9.59 Å². The van der Waals surface area contributed by atoms with Gasteiger partial charge in [-0.2, -0.15) is 0 Å². The third-order valence-electron chi connectivity index (χ3n) is 3.01. The Morgan fingerprint density at radius 2 is 2.19 bits per heavy atom. The van der Waals surface area contributed by atoms with Gasteiger partial charge in [0.15, 0.2) is 0 Å². The molecule has 0 saturated carbocycles. The van der Waals surface area contributed by atoms with Crippen molar-refractivity contribution in [2.75, 3.05) is 19.6 Å². The first kappa shape index (κ1) is 13.0. The summed E-state index contributed by atoms with van der Waals surface area (Å²) in [5.74, 6) is -1.09. The van der Waals surface area contributed by atoms with Crippen molar-refractivity contribution >= 4 is 11.9 Å². The first-order valence-electron chi connectivity index (χ1n) is 5.86. The molecule has 0 bridgehead atoms. The summed E-state index contributed by atoms with van der Waals surface area (Å²) in [4.78, 5) is 23.9. The zero-order chi connectivity index (χ0) is 12.0. The number of nitrogens with zero attached hydrogens (tertiary/aromatic N) is 1. The second kappa shape index (κ2) is 6.48. The smallest absolute Gasteiger partial charge is 0.303 e. The molecule has 0 aromatic rings. The lowest BCUT2D eigenvalue weighted by Crippen LogP contribution is -2.40. The largest absolute Gasteiger partial charge is 0.481 e. The molecule has 16 heavy (non-hydrogen) atoms. The van der Waals surface area contributed by atoms with Gasteiger partial charge in [0, 0.05) is 19.0 Å². The Morgan fingerprint density at radius 1 is 1.44 bits per heavy atom. The van der Waals surface area contributed by atoms with Crippen LogP contribution in [0.4, 0.5) is 0 Å². The molecule has 1 unspecified atom stereocenters. The first-order valence-corrected chi connectivity index (χ1v) is 5.86. The molecule has 1 saturated heterocycles. The van der Waals surface area contributed by atoms with E-state index in [0.29, 0.717) is 12.6 Å². The van der Waals surface area contributed by atoms with Crippen molar-refractivity contribution in [2.24, 2.45) is 0 Å². The third kappa shape index (κ3) is 4.18. The fraction of sp³-hybridized carbons (Fsp3) is 0.818. The summed E-state index contributed by atoms with van der Waals surface area (Å²) in [6, 6.07) is 0.429. The average Bonchev–Trinajstić information content (AvgIpc) is 2.70. The zero-order valence-corrected chi connectivity index (χ0v) is 9.74. The number of nitrogens with one attached hydrogen (secondary N) is 1. The predicted octanol–water partition coefficient (Wildman–Crippen LogP) is 0.452. The van der Waals surface area contributed by atoms with Crippen LogP contribution in [0, 0.1) is 0 Å². The number of carbonyl (C=O) groups excluding carboxylic acids is 1. The maximum absolute atomic E-state index is 11.3. The summed E-state index contributed by atoms with van der Waals surface area (Å²) in [5, 5.41) is 11.2. The van der Waals surface area contributed by atoms with E-state index in [1.54, 1.807) is 0 Å². The lowest BCUT2D eigenvalue weighted by Gasteiger charge is -2.22. The van der Waals surface area contributed by atoms with Gasteiger partial charge in [-0.1, -0.05) is 6.92 Å². The maximum atomic E-state index is 11.3. The topological polar surface area (TPSA) is 69.6 Å². The number of carboxylic acid groups (broad SMARTS) is 1. The Morgan fingerprint density at radius 3 is 2.81 bits per heavy atom. The minimum atomic E-state index is -0.925. The number of likely N-dealkylation sites (N-methyl/N-ethyl adjacent to an activating group) is 1. The van der Waals surface area contributed by atoms with E-state index in [1.165, 1.54) is 6.42 Å². The summed E-state index contributed by atoms with van der Waals surface area (Å²) in [6.45, 7) is 4.87. The highest BCUT2D eigenvalue weighted by Gasteiger charge is 2.22. The van der Waals surface area contributed by atoms with E-state index in [0.717, 1.165) is 19.5 Å². The molecular formula is C11H20N2O3. The van der Waals surface area contributed by atoms with Crippen LogP contribution in [0.5, 0.6) is 0 Å². The molecule has 1 aliphatic rings. The summed E-state index contributed by atoms with van der Waals surface area (Å²) < 4.78 is 0. The molecule has 0 aromatic heterocycles. The Bertz CT molecular complexity index is 256. The van der Waals surface area contributed by atoms with Gasteiger partial charge in [-0.15, -0.1) is 0 Å². The number of carboxylic acids is 1. The molecule has 92 valence electrons. The molecule has 1 amide bonds. The SMILES string of the molecule is CCN1CCCC1CNC(=O)CCC(=O)O. The van der Waals surface area contributed by atoms with Crippen molar-refractivity contribution in [3.05, 3.63) is 0 Å². The van der Waals surface area contributed by atoms with Gasteiger partial charge < -0.3 is 10.4 Å². The maximum Gasteiger partial charge on any atom is 0.303 e. The van der Waals surface area contributed by atoms with E-state index < -0.39 is 5.97 Å². The molecule has 1 rings (SSSR count). The summed E-state index contributed by atoms with van der Waals surface area (Å²) in [5.41, 5.74) is 0. The van der Waals surface area contributed by atoms with E-state index in [4.69, 9.17) is 5.11 Å². The molecule has 1 fully saturated rings. The minimum Gasteiger partial charge on any atom is -0.481 e. The third-order valence-corrected chi connectivity index (χ3v) is 3.01. The predicted molar refractivity (Wildman–Crippen MR) is 60.1 cm³/mol. The molecule has 0 aliphatic carbocycles. The highest BCUT2D eigenvalue weighted by atomic mass is 16.4. The molecule has 2 N–H and O–H groups in total. The lowest BCUT2D eigenvalue weighted by molar-refractivity contribution is -0.138. The second-order valence-corrected chi connectivity index (χ2v) is 4.12. The molecule has 0 aromatic carbocycles. The van der Waals surface area contributed by atoms with Gasteiger partial charge in [-0.25, -0.2) is 0 Å². The highest BCUT2D eigenvalue weighted by molar-refractivity contribution is 5.80. The average molecular weight is 228 g/mol. The molecule has 1 heterocycles. The van der Waals surface area contributed by atoms with Crippen molar-refractivity contribution in [2.45, 2.75) is 38.6 Å². The van der Waals surface area contributed by atoms with Crippen molar-refractivity contribution < 1.29 is 14.7 Å². The molecule has 0 spiro atoms. The Kier molecular flexibility index (Phi) is 5.25. The number of carbonyl (C=O) groups is 2. The molecule has 1 atom stereocenters. The van der Waals surface area contributed by atoms with Gasteiger partial charge in [0.1, 0.15) is 0 Å². The van der Waals surface area contributed by atoms with Crippen LogP contribution in [-0.4, -0.2) is 47.6 Å². The Hall–Kier alpha value is -1.10. The van der Waals surface area contributed by atoms with Crippen LogP contribution in [0.3, 0.4) is 0 Å². The zero-order valence-electron chi connectivity index (χ0n) is 9.74. The van der Waals surface area contributed by atoms with Crippen LogP contribution < -0.4 is 5.32 Å². The summed E-state index contributed by atoms with van der Waals surface area (Å²) in [7, 11) is 0. The van der Waals surface area contributed by atoms with Crippen molar-refractivity contribution in [3.63, 3.8) is 0 Å². The summed E-state index contributed by atoms with van der Waals surface area (Å²) >= 11 is 0. The van der Waals surface area contributed by atoms with Crippen LogP contribution in [0.15, 0.2) is 0 Å². The number of aliphatic carboxylic acids is 1. The van der Waals surface area contributed by atoms with Gasteiger partial charge >= 0.3 is 5.97 Å². The van der Waals surface area contributed by atoms with Crippen LogP contribution in [0.1, 0.15) is 32.6 Å². The molecule has 5 heteroatoms. The quantitative estimate of drug-likeness (QED) is 0.692. The number of likely N-dealkylation sites (tertiary alicyclic amines) is 1. The number of hydrogen-bond donors (Lipinski definition) is 2. The summed E-state index contributed by atoms with van der Waals surface area (Å²) in [6.07, 6.45) is 2.29. The van der Waals surface area contributed by atoms with E-state index in [1.807, 2.05) is 0 Å². The van der Waals surface area contributed by atoms with Gasteiger partial charge in [-0.05, 0) is 25.9 Å². The van der Waals surface area contributed by atoms with Crippen molar-refractivity contribution in [1.82, 2.24) is 10.2 Å². The van der Waals surface area contributed by atoms with Gasteiger partial charge in [0.05, 0.1) is 6.42 Å². The van der Waals surface area contributed by atoms with Crippen molar-refractivity contribution in [1.29, 1.82) is 0 Å². The number of hydrogen-bond acceptors (Lipinski definition) is 3. The minimum absolute atomic E-state index is 0.0776. The molecule has 1 aliphatic heterocycles. The van der Waals surface area contributed by atoms with Crippen LogP contribution >= 0.6 is 0 Å². The lowest BCUT2D eigenvalue weighted by atomic mass is 10.2. The fourth-order valence-electron chi connectivity index (χ4n) is 2.08. The van der Waals surface area contributed by atoms with Crippen molar-refractivity contribution in [3.8, 4) is 0 Å². The van der Waals surface area contributed by atoms with E-state index in [2.05, 4.69) is 17.1 Å². The van der Waals surface area contributed by atoms with Gasteiger partial charge in [0.25, 0.3) is 0 Å². The first-order chi connectivity index (χ1) is 7.63. The monoisotopic (exact) mass is 228 g/mol. The highest BCUT2D eigenvalue weighted by Crippen LogP contribution is 2.15. The number of amides is 1. The van der Waals surface area contributed by atoms with Gasteiger partial charge in [-0.3, -0.25) is 14.5 Å². The fourth-order valence-corrected chi connectivity index (χ4v) is 2.08. The Labute approximate surface area is 95.8 Å². The standard InChI is InChI=1S/C11H20N2O3/c1-2-13-7-3-4-9(13)8-12-10(14)5-6-11(15)16/h9H,2-8H2,1H3,(H,12,14)(H,15,16).